The van der Waals surface area contributed by atoms with Gasteiger partial charge in [-0.25, -0.2) is 0 Å². The predicted octanol–water partition coefficient (Wildman–Crippen LogP) is 3.13. The average Bonchev–Trinajstić information content (AvgIpc) is 2.12. The van der Waals surface area contributed by atoms with E-state index in [1.165, 1.54) is 0 Å². The normalized spacial score (nSPS) is 12.5. The Kier molecular flexibility index (Phi) is 8.21. The van der Waals surface area contributed by atoms with Gasteiger partial charge in [-0.05, 0) is 19.8 Å². The second-order valence-corrected chi connectivity index (χ2v) is 3.70. The second-order valence-electron chi connectivity index (χ2n) is 3.08. The van der Waals surface area contributed by atoms with E-state index in [2.05, 4.69) is 6.92 Å². The van der Waals surface area contributed by atoms with Crippen LogP contribution in [0.25, 0.3) is 0 Å². The molecule has 1 atom stereocenters. The van der Waals surface area contributed by atoms with Gasteiger partial charge in [0.1, 0.15) is 0 Å². The van der Waals surface area contributed by atoms with E-state index in [4.69, 9.17) is 16.3 Å². The van der Waals surface area contributed by atoms with E-state index in [9.17, 15) is 4.79 Å². The highest BCUT2D eigenvalue weighted by Crippen LogP contribution is 2.13. The molecule has 0 aliphatic rings. The maximum Gasteiger partial charge on any atom is 0.305 e. The molecule has 0 rings (SSSR count). The van der Waals surface area contributed by atoms with Crippen molar-refractivity contribution < 1.29 is 9.53 Å². The Bertz CT molecular complexity index is 137. The van der Waals surface area contributed by atoms with Gasteiger partial charge in [0.05, 0.1) is 6.61 Å². The number of unbranched alkanes of at least 4 members (excludes halogenated alkanes) is 1. The smallest absolute Gasteiger partial charge is 0.305 e. The SMILES string of the molecule is CCCCC(Cl)CCC(=O)OCC. The molecule has 0 spiro atoms. The fraction of sp³-hybridized carbons (Fsp3) is 0.900. The summed E-state index contributed by atoms with van der Waals surface area (Å²) in [5, 5.41) is 0.129. The number of esters is 1. The third-order valence-corrected chi connectivity index (χ3v) is 2.27. The van der Waals surface area contributed by atoms with E-state index < -0.39 is 0 Å². The quantitative estimate of drug-likeness (QED) is 0.473. The Labute approximate surface area is 85.6 Å². The lowest BCUT2D eigenvalue weighted by Gasteiger charge is -2.07. The van der Waals surface area contributed by atoms with Crippen molar-refractivity contribution in [3.8, 4) is 0 Å². The standard InChI is InChI=1S/C10H19ClO2/c1-3-5-6-9(11)7-8-10(12)13-4-2/h9H,3-8H2,1-2H3. The fourth-order valence-electron chi connectivity index (χ4n) is 1.08. The molecule has 0 bridgehead atoms. The summed E-state index contributed by atoms with van der Waals surface area (Å²) in [5.41, 5.74) is 0. The number of halogens is 1. The Balaban J connectivity index is 3.34. The topological polar surface area (TPSA) is 26.3 Å². The molecule has 78 valence electrons. The van der Waals surface area contributed by atoms with Crippen LogP contribution in [-0.4, -0.2) is 18.0 Å². The predicted molar refractivity (Wildman–Crippen MR) is 55.0 cm³/mol. The van der Waals surface area contributed by atoms with E-state index in [1.807, 2.05) is 6.92 Å². The van der Waals surface area contributed by atoms with Gasteiger partial charge in [-0.3, -0.25) is 4.79 Å². The van der Waals surface area contributed by atoms with Crippen LogP contribution >= 0.6 is 11.6 Å². The molecular weight excluding hydrogens is 188 g/mol. The van der Waals surface area contributed by atoms with E-state index in [0.29, 0.717) is 13.0 Å². The van der Waals surface area contributed by atoms with Gasteiger partial charge in [-0.2, -0.15) is 0 Å². The highest BCUT2D eigenvalue weighted by atomic mass is 35.5. The van der Waals surface area contributed by atoms with Crippen molar-refractivity contribution in [1.82, 2.24) is 0 Å². The molecule has 0 aromatic rings. The first kappa shape index (κ1) is 12.8. The van der Waals surface area contributed by atoms with Crippen molar-refractivity contribution in [2.45, 2.75) is 51.3 Å². The number of hydrogen-bond donors (Lipinski definition) is 0. The molecule has 0 amide bonds. The molecule has 0 saturated heterocycles. The third-order valence-electron chi connectivity index (χ3n) is 1.84. The summed E-state index contributed by atoms with van der Waals surface area (Å²) in [4.78, 5) is 10.9. The van der Waals surface area contributed by atoms with Gasteiger partial charge in [0.25, 0.3) is 0 Å². The van der Waals surface area contributed by atoms with Crippen LogP contribution in [-0.2, 0) is 9.53 Å². The number of ether oxygens (including phenoxy) is 1. The molecule has 0 radical (unpaired) electrons. The van der Waals surface area contributed by atoms with Crippen molar-refractivity contribution in [2.75, 3.05) is 6.61 Å². The average molecular weight is 207 g/mol. The molecule has 2 nitrogen and oxygen atoms in total. The molecule has 0 aromatic heterocycles. The molecule has 3 heteroatoms. The number of carbonyl (C=O) groups is 1. The van der Waals surface area contributed by atoms with Crippen LogP contribution in [0.2, 0.25) is 0 Å². The van der Waals surface area contributed by atoms with Crippen molar-refractivity contribution in [3.63, 3.8) is 0 Å². The number of alkyl halides is 1. The maximum atomic E-state index is 10.9. The lowest BCUT2D eigenvalue weighted by Crippen LogP contribution is -2.07. The Morgan fingerprint density at radius 3 is 2.62 bits per heavy atom. The van der Waals surface area contributed by atoms with E-state index in [1.54, 1.807) is 0 Å². The summed E-state index contributed by atoms with van der Waals surface area (Å²) in [5.74, 6) is -0.135. The maximum absolute atomic E-state index is 10.9. The van der Waals surface area contributed by atoms with Crippen LogP contribution in [0.1, 0.15) is 46.0 Å². The highest BCUT2D eigenvalue weighted by molar-refractivity contribution is 6.20. The van der Waals surface area contributed by atoms with Crippen molar-refractivity contribution in [3.05, 3.63) is 0 Å². The molecular formula is C10H19ClO2. The first-order valence-electron chi connectivity index (χ1n) is 5.00. The molecule has 0 saturated carbocycles. The van der Waals surface area contributed by atoms with Gasteiger partial charge in [-0.1, -0.05) is 19.8 Å². The summed E-state index contributed by atoms with van der Waals surface area (Å²) >= 11 is 6.00. The molecule has 13 heavy (non-hydrogen) atoms. The summed E-state index contributed by atoms with van der Waals surface area (Å²) in [7, 11) is 0. The minimum atomic E-state index is -0.135. The summed E-state index contributed by atoms with van der Waals surface area (Å²) in [6.45, 7) is 4.41. The van der Waals surface area contributed by atoms with Gasteiger partial charge in [0, 0.05) is 11.8 Å². The zero-order chi connectivity index (χ0) is 10.1. The molecule has 0 heterocycles. The van der Waals surface area contributed by atoms with Crippen molar-refractivity contribution >= 4 is 17.6 Å². The first-order chi connectivity index (χ1) is 6.20. The lowest BCUT2D eigenvalue weighted by molar-refractivity contribution is -0.143. The van der Waals surface area contributed by atoms with E-state index in [0.717, 1.165) is 25.7 Å². The fourth-order valence-corrected chi connectivity index (χ4v) is 1.34. The highest BCUT2D eigenvalue weighted by Gasteiger charge is 2.08. The van der Waals surface area contributed by atoms with Gasteiger partial charge < -0.3 is 4.74 Å². The summed E-state index contributed by atoms with van der Waals surface area (Å²) < 4.78 is 4.80. The number of hydrogen-bond acceptors (Lipinski definition) is 2. The lowest BCUT2D eigenvalue weighted by atomic mass is 10.1. The molecule has 0 aliphatic carbocycles. The first-order valence-corrected chi connectivity index (χ1v) is 5.44. The van der Waals surface area contributed by atoms with Crippen LogP contribution in [0.3, 0.4) is 0 Å². The van der Waals surface area contributed by atoms with Gasteiger partial charge in [0.15, 0.2) is 0 Å². The van der Waals surface area contributed by atoms with Crippen LogP contribution in [0, 0.1) is 0 Å². The Morgan fingerprint density at radius 2 is 2.08 bits per heavy atom. The molecule has 0 fully saturated rings. The van der Waals surface area contributed by atoms with E-state index >= 15 is 0 Å². The molecule has 0 N–H and O–H groups in total. The Morgan fingerprint density at radius 1 is 1.38 bits per heavy atom. The third kappa shape index (κ3) is 8.10. The summed E-state index contributed by atoms with van der Waals surface area (Å²) in [6.07, 6.45) is 4.48. The van der Waals surface area contributed by atoms with Gasteiger partial charge >= 0.3 is 5.97 Å². The van der Waals surface area contributed by atoms with Crippen molar-refractivity contribution in [1.29, 1.82) is 0 Å². The molecule has 1 unspecified atom stereocenters. The number of carbonyl (C=O) groups excluding carboxylic acids is 1. The van der Waals surface area contributed by atoms with Crippen LogP contribution in [0.5, 0.6) is 0 Å². The molecule has 0 aromatic carbocycles. The minimum absolute atomic E-state index is 0.129. The zero-order valence-electron chi connectivity index (χ0n) is 8.51. The van der Waals surface area contributed by atoms with Crippen LogP contribution in [0.4, 0.5) is 0 Å². The van der Waals surface area contributed by atoms with Crippen molar-refractivity contribution in [2.24, 2.45) is 0 Å². The summed E-state index contributed by atoms with van der Waals surface area (Å²) in [6, 6.07) is 0. The minimum Gasteiger partial charge on any atom is -0.466 e. The van der Waals surface area contributed by atoms with E-state index in [-0.39, 0.29) is 11.3 Å². The van der Waals surface area contributed by atoms with Gasteiger partial charge in [0.2, 0.25) is 0 Å². The van der Waals surface area contributed by atoms with Gasteiger partial charge in [-0.15, -0.1) is 11.6 Å². The zero-order valence-corrected chi connectivity index (χ0v) is 9.27. The van der Waals surface area contributed by atoms with Crippen LogP contribution in [0.15, 0.2) is 0 Å². The Hall–Kier alpha value is -0.240. The van der Waals surface area contributed by atoms with Crippen LogP contribution < -0.4 is 0 Å². The largest absolute Gasteiger partial charge is 0.466 e. The second kappa shape index (κ2) is 8.36. The molecule has 0 aliphatic heterocycles. The number of rotatable bonds is 7. The monoisotopic (exact) mass is 206 g/mol.